The first-order valence-electron chi connectivity index (χ1n) is 11.1. The van der Waals surface area contributed by atoms with Gasteiger partial charge in [-0.05, 0) is 68.8 Å². The van der Waals surface area contributed by atoms with Crippen molar-refractivity contribution >= 4 is 23.3 Å². The van der Waals surface area contributed by atoms with E-state index in [4.69, 9.17) is 0 Å². The molecule has 0 aliphatic heterocycles. The van der Waals surface area contributed by atoms with Crippen LogP contribution in [0.3, 0.4) is 0 Å². The second-order valence-corrected chi connectivity index (χ2v) is 8.07. The number of aryl methyl sites for hydroxylation is 1. The molecule has 2 heterocycles. The van der Waals surface area contributed by atoms with Crippen LogP contribution in [-0.4, -0.2) is 21.5 Å². The predicted molar refractivity (Wildman–Crippen MR) is 134 cm³/mol. The van der Waals surface area contributed by atoms with Crippen molar-refractivity contribution in [3.63, 3.8) is 0 Å². The fourth-order valence-electron chi connectivity index (χ4n) is 3.86. The van der Waals surface area contributed by atoms with Gasteiger partial charge in [-0.15, -0.1) is 0 Å². The number of aromatic nitrogens is 2. The van der Waals surface area contributed by atoms with Crippen molar-refractivity contribution in [2.45, 2.75) is 26.8 Å². The Bertz CT molecular complexity index is 1280. The van der Waals surface area contributed by atoms with Gasteiger partial charge in [-0.1, -0.05) is 36.4 Å². The topological polar surface area (TPSA) is 88.0 Å². The Morgan fingerprint density at radius 1 is 0.853 bits per heavy atom. The normalized spacial score (nSPS) is 11.5. The maximum Gasteiger partial charge on any atom is 0.323 e. The molecule has 3 amide bonds. The van der Waals surface area contributed by atoms with Gasteiger partial charge in [0.05, 0.1) is 11.6 Å². The highest BCUT2D eigenvalue weighted by Gasteiger charge is 2.19. The Hall–Kier alpha value is -4.39. The summed E-state index contributed by atoms with van der Waals surface area (Å²) in [5, 5.41) is 8.66. The molecule has 7 heteroatoms. The lowest BCUT2D eigenvalue weighted by Crippen LogP contribution is -2.27. The van der Waals surface area contributed by atoms with E-state index in [1.807, 2.05) is 104 Å². The summed E-state index contributed by atoms with van der Waals surface area (Å²) in [6.07, 6.45) is 1.74. The highest BCUT2D eigenvalue weighted by Crippen LogP contribution is 2.21. The van der Waals surface area contributed by atoms with E-state index < -0.39 is 0 Å². The average molecular weight is 454 g/mol. The maximum atomic E-state index is 13.0. The largest absolute Gasteiger partial charge is 0.345 e. The number of nitrogens with zero attached hydrogens (tertiary/aromatic N) is 2. The van der Waals surface area contributed by atoms with Gasteiger partial charge in [0.15, 0.2) is 0 Å². The van der Waals surface area contributed by atoms with Gasteiger partial charge in [-0.2, -0.15) is 0 Å². The zero-order valence-electron chi connectivity index (χ0n) is 19.4. The van der Waals surface area contributed by atoms with Gasteiger partial charge in [0.1, 0.15) is 5.82 Å². The third kappa shape index (κ3) is 5.15. The van der Waals surface area contributed by atoms with Crippen LogP contribution in [0, 0.1) is 13.8 Å². The van der Waals surface area contributed by atoms with Crippen molar-refractivity contribution < 1.29 is 9.59 Å². The van der Waals surface area contributed by atoms with Crippen LogP contribution in [0.1, 0.15) is 40.3 Å². The number of rotatable bonds is 6. The number of urea groups is 1. The molecule has 4 rings (SSSR count). The zero-order valence-corrected chi connectivity index (χ0v) is 19.4. The molecule has 1 unspecified atom stereocenters. The van der Waals surface area contributed by atoms with Crippen LogP contribution in [0.5, 0.6) is 0 Å². The summed E-state index contributed by atoms with van der Waals surface area (Å²) in [6.45, 7) is 5.81. The van der Waals surface area contributed by atoms with Crippen LogP contribution in [0.2, 0.25) is 0 Å². The number of hydrogen-bond donors (Lipinski definition) is 3. The first-order chi connectivity index (χ1) is 16.4. The number of carbonyl (C=O) groups is 2. The molecule has 2 aromatic carbocycles. The number of nitrogens with one attached hydrogen (secondary N) is 3. The first kappa shape index (κ1) is 22.8. The molecule has 7 nitrogen and oxygen atoms in total. The summed E-state index contributed by atoms with van der Waals surface area (Å²) in [5.41, 5.74) is 4.71. The lowest BCUT2D eigenvalue weighted by Gasteiger charge is -2.15. The van der Waals surface area contributed by atoms with E-state index in [0.29, 0.717) is 11.3 Å². The standard InChI is InChI=1S/C27H27N5O2/c1-18-17-24(20(3)32(18)25-11-7-8-16-28-25)26(33)29-19(2)21-12-14-23(15-13-21)31-27(34)30-22-9-5-4-6-10-22/h4-17,19H,1-3H3,(H,29,33)(H2,30,31,34). The van der Waals surface area contributed by atoms with Gasteiger partial charge in [0.2, 0.25) is 0 Å². The average Bonchev–Trinajstić information content (AvgIpc) is 3.14. The van der Waals surface area contributed by atoms with Crippen LogP contribution in [-0.2, 0) is 0 Å². The Labute approximate surface area is 198 Å². The Balaban J connectivity index is 1.40. The Morgan fingerprint density at radius 2 is 1.50 bits per heavy atom. The fraction of sp³-hybridized carbons (Fsp3) is 0.148. The van der Waals surface area contributed by atoms with Crippen molar-refractivity contribution in [1.82, 2.24) is 14.9 Å². The summed E-state index contributed by atoms with van der Waals surface area (Å²) >= 11 is 0. The smallest absolute Gasteiger partial charge is 0.323 e. The summed E-state index contributed by atoms with van der Waals surface area (Å²) in [4.78, 5) is 29.6. The van der Waals surface area contributed by atoms with E-state index in [0.717, 1.165) is 28.5 Å². The Kier molecular flexibility index (Phi) is 6.73. The van der Waals surface area contributed by atoms with Gasteiger partial charge < -0.3 is 20.5 Å². The Morgan fingerprint density at radius 3 is 2.15 bits per heavy atom. The molecule has 0 aliphatic rings. The van der Waals surface area contributed by atoms with Crippen molar-refractivity contribution in [2.75, 3.05) is 10.6 Å². The molecule has 34 heavy (non-hydrogen) atoms. The molecule has 1 atom stereocenters. The van der Waals surface area contributed by atoms with Crippen molar-refractivity contribution in [1.29, 1.82) is 0 Å². The lowest BCUT2D eigenvalue weighted by molar-refractivity contribution is 0.0939. The molecule has 3 N–H and O–H groups in total. The number of hydrogen-bond acceptors (Lipinski definition) is 3. The van der Waals surface area contributed by atoms with E-state index in [-0.39, 0.29) is 18.0 Å². The molecular formula is C27H27N5O2. The minimum absolute atomic E-state index is 0.146. The van der Waals surface area contributed by atoms with Crippen molar-refractivity contribution in [3.05, 3.63) is 108 Å². The van der Waals surface area contributed by atoms with Gasteiger partial charge in [-0.25, -0.2) is 9.78 Å². The van der Waals surface area contributed by atoms with Crippen LogP contribution in [0.4, 0.5) is 16.2 Å². The molecule has 0 saturated heterocycles. The number of carbonyl (C=O) groups excluding carboxylic acids is 2. The molecule has 0 spiro atoms. The van der Waals surface area contributed by atoms with E-state index >= 15 is 0 Å². The van der Waals surface area contributed by atoms with Crippen LogP contribution in [0.25, 0.3) is 5.82 Å². The second kappa shape index (κ2) is 10.0. The van der Waals surface area contributed by atoms with Crippen LogP contribution in [0.15, 0.2) is 85.1 Å². The number of pyridine rings is 1. The van der Waals surface area contributed by atoms with E-state index in [9.17, 15) is 9.59 Å². The summed E-state index contributed by atoms with van der Waals surface area (Å²) in [6, 6.07) is 23.7. The molecule has 0 radical (unpaired) electrons. The molecule has 0 saturated carbocycles. The fourth-order valence-corrected chi connectivity index (χ4v) is 3.86. The molecule has 0 fully saturated rings. The summed E-state index contributed by atoms with van der Waals surface area (Å²) in [7, 11) is 0. The quantitative estimate of drug-likeness (QED) is 0.354. The van der Waals surface area contributed by atoms with Crippen LogP contribution >= 0.6 is 0 Å². The minimum Gasteiger partial charge on any atom is -0.345 e. The molecule has 0 aliphatic carbocycles. The molecule has 2 aromatic heterocycles. The third-order valence-corrected chi connectivity index (χ3v) is 5.60. The maximum absolute atomic E-state index is 13.0. The molecule has 0 bridgehead atoms. The van der Waals surface area contributed by atoms with Gasteiger partial charge in [0, 0.05) is 29.0 Å². The zero-order chi connectivity index (χ0) is 24.1. The highest BCUT2D eigenvalue weighted by molar-refractivity contribution is 5.99. The van der Waals surface area contributed by atoms with Gasteiger partial charge in [0.25, 0.3) is 5.91 Å². The van der Waals surface area contributed by atoms with Gasteiger partial charge >= 0.3 is 6.03 Å². The van der Waals surface area contributed by atoms with E-state index in [1.165, 1.54) is 0 Å². The summed E-state index contributed by atoms with van der Waals surface area (Å²) < 4.78 is 1.97. The van der Waals surface area contributed by atoms with Crippen molar-refractivity contribution in [2.24, 2.45) is 0 Å². The number of benzene rings is 2. The van der Waals surface area contributed by atoms with E-state index in [1.54, 1.807) is 6.20 Å². The number of amides is 3. The summed E-state index contributed by atoms with van der Waals surface area (Å²) in [5.74, 6) is 0.635. The lowest BCUT2D eigenvalue weighted by atomic mass is 10.1. The minimum atomic E-state index is -0.316. The second-order valence-electron chi connectivity index (χ2n) is 8.07. The monoisotopic (exact) mass is 453 g/mol. The van der Waals surface area contributed by atoms with Crippen molar-refractivity contribution in [3.8, 4) is 5.82 Å². The molecule has 4 aromatic rings. The SMILES string of the molecule is Cc1cc(C(=O)NC(C)c2ccc(NC(=O)Nc3ccccc3)cc2)c(C)n1-c1ccccn1. The molecular weight excluding hydrogens is 426 g/mol. The molecule has 172 valence electrons. The van der Waals surface area contributed by atoms with E-state index in [2.05, 4.69) is 20.9 Å². The highest BCUT2D eigenvalue weighted by atomic mass is 16.2. The van der Waals surface area contributed by atoms with Gasteiger partial charge in [-0.3, -0.25) is 4.79 Å². The number of anilines is 2. The third-order valence-electron chi connectivity index (χ3n) is 5.60. The van der Waals surface area contributed by atoms with Crippen LogP contribution < -0.4 is 16.0 Å². The number of para-hydroxylation sites is 1. The predicted octanol–water partition coefficient (Wildman–Crippen LogP) is 5.62. The first-order valence-corrected chi connectivity index (χ1v) is 11.1.